The molecule has 1 heterocycles. The maximum atomic E-state index is 13.6. The summed E-state index contributed by atoms with van der Waals surface area (Å²) in [4.78, 5) is 0. The molecule has 0 aliphatic rings. The first kappa shape index (κ1) is 14.0. The highest BCUT2D eigenvalue weighted by molar-refractivity contribution is 9.10. The molecule has 0 unspecified atom stereocenters. The third kappa shape index (κ3) is 1.94. The van der Waals surface area contributed by atoms with E-state index in [2.05, 4.69) is 21.0 Å². The van der Waals surface area contributed by atoms with Gasteiger partial charge >= 0.3 is 0 Å². The van der Waals surface area contributed by atoms with Crippen LogP contribution in [0.1, 0.15) is 11.4 Å². The molecule has 0 amide bonds. The third-order valence-electron chi connectivity index (χ3n) is 2.60. The fourth-order valence-electron chi connectivity index (χ4n) is 1.62. The second kappa shape index (κ2) is 4.59. The fraction of sp³-hybridized carbons (Fsp3) is 0.182. The van der Waals surface area contributed by atoms with Crippen LogP contribution in [0.2, 0.25) is 0 Å². The zero-order chi connectivity index (χ0) is 14.5. The van der Waals surface area contributed by atoms with Crippen LogP contribution in [0.4, 0.5) is 22.0 Å². The molecular weight excluding hydrogens is 335 g/mol. The van der Waals surface area contributed by atoms with Crippen LogP contribution in [0, 0.1) is 42.9 Å². The van der Waals surface area contributed by atoms with Crippen LogP contribution in [0.5, 0.6) is 0 Å². The lowest BCUT2D eigenvalue weighted by atomic mass is 10.2. The molecule has 0 radical (unpaired) electrons. The Morgan fingerprint density at radius 2 is 1.26 bits per heavy atom. The molecule has 2 nitrogen and oxygen atoms in total. The van der Waals surface area contributed by atoms with Crippen molar-refractivity contribution in [3.8, 4) is 5.69 Å². The second-order valence-electron chi connectivity index (χ2n) is 3.82. The van der Waals surface area contributed by atoms with Crippen molar-refractivity contribution in [2.45, 2.75) is 13.8 Å². The average molecular weight is 341 g/mol. The lowest BCUT2D eigenvalue weighted by Crippen LogP contribution is -2.11. The summed E-state index contributed by atoms with van der Waals surface area (Å²) >= 11 is 3.11. The van der Waals surface area contributed by atoms with E-state index in [0.717, 1.165) is 0 Å². The van der Waals surface area contributed by atoms with Crippen LogP contribution in [-0.2, 0) is 0 Å². The molecule has 0 aliphatic heterocycles. The summed E-state index contributed by atoms with van der Waals surface area (Å²) in [6, 6.07) is 0. The fourth-order valence-corrected chi connectivity index (χ4v) is 1.87. The summed E-state index contributed by atoms with van der Waals surface area (Å²) in [7, 11) is 0. The topological polar surface area (TPSA) is 17.8 Å². The Kier molecular flexibility index (Phi) is 3.38. The molecule has 0 N–H and O–H groups in total. The van der Waals surface area contributed by atoms with Crippen molar-refractivity contribution in [3.05, 3.63) is 44.9 Å². The highest BCUT2D eigenvalue weighted by Gasteiger charge is 2.28. The van der Waals surface area contributed by atoms with Crippen molar-refractivity contribution < 1.29 is 22.0 Å². The Labute approximate surface area is 113 Å². The number of rotatable bonds is 1. The van der Waals surface area contributed by atoms with Crippen LogP contribution in [0.3, 0.4) is 0 Å². The van der Waals surface area contributed by atoms with Gasteiger partial charge in [0.2, 0.25) is 5.82 Å². The molecule has 1 aromatic heterocycles. The van der Waals surface area contributed by atoms with Crippen LogP contribution in [0.15, 0.2) is 4.47 Å². The van der Waals surface area contributed by atoms with E-state index < -0.39 is 34.8 Å². The number of halogens is 6. The molecule has 0 spiro atoms. The van der Waals surface area contributed by atoms with E-state index in [9.17, 15) is 22.0 Å². The third-order valence-corrected chi connectivity index (χ3v) is 3.75. The van der Waals surface area contributed by atoms with E-state index in [1.165, 1.54) is 13.8 Å². The largest absolute Gasteiger partial charge is 0.230 e. The maximum Gasteiger partial charge on any atom is 0.200 e. The van der Waals surface area contributed by atoms with Crippen LogP contribution >= 0.6 is 15.9 Å². The SMILES string of the molecule is Cc1nn(-c2c(F)c(F)c(F)c(F)c2F)c(C)c1Br. The number of benzene rings is 1. The molecule has 102 valence electrons. The van der Waals surface area contributed by atoms with E-state index >= 15 is 0 Å². The quantitative estimate of drug-likeness (QED) is 0.436. The van der Waals surface area contributed by atoms with Gasteiger partial charge in [0, 0.05) is 0 Å². The molecule has 0 saturated carbocycles. The zero-order valence-electron chi connectivity index (χ0n) is 9.66. The predicted octanol–water partition coefficient (Wildman–Crippen LogP) is 3.95. The minimum Gasteiger partial charge on any atom is -0.230 e. The Balaban J connectivity index is 2.87. The predicted molar refractivity (Wildman–Crippen MR) is 60.5 cm³/mol. The van der Waals surface area contributed by atoms with E-state index in [1.807, 2.05) is 0 Å². The Morgan fingerprint density at radius 3 is 1.63 bits per heavy atom. The molecule has 2 aromatic rings. The second-order valence-corrected chi connectivity index (χ2v) is 4.61. The van der Waals surface area contributed by atoms with E-state index in [0.29, 0.717) is 14.8 Å². The Hall–Kier alpha value is -1.44. The summed E-state index contributed by atoms with van der Waals surface area (Å²) in [5.41, 5.74) is -0.509. The van der Waals surface area contributed by atoms with Crippen molar-refractivity contribution in [1.29, 1.82) is 0 Å². The van der Waals surface area contributed by atoms with Crippen molar-refractivity contribution in [2.75, 3.05) is 0 Å². The molecular formula is C11H6BrF5N2. The molecule has 0 aliphatic carbocycles. The number of nitrogens with zero attached hydrogens (tertiary/aromatic N) is 2. The van der Waals surface area contributed by atoms with E-state index in [1.54, 1.807) is 0 Å². The van der Waals surface area contributed by atoms with Crippen LogP contribution in [0.25, 0.3) is 5.69 Å². The smallest absolute Gasteiger partial charge is 0.200 e. The Bertz CT molecular complexity index is 651. The number of aryl methyl sites for hydroxylation is 1. The highest BCUT2D eigenvalue weighted by atomic mass is 79.9. The van der Waals surface area contributed by atoms with Gasteiger partial charge in [0.25, 0.3) is 0 Å². The lowest BCUT2D eigenvalue weighted by Gasteiger charge is -2.09. The summed E-state index contributed by atoms with van der Waals surface area (Å²) in [6.45, 7) is 2.96. The normalized spacial score (nSPS) is 11.2. The van der Waals surface area contributed by atoms with E-state index in [-0.39, 0.29) is 5.69 Å². The van der Waals surface area contributed by atoms with Gasteiger partial charge in [0.05, 0.1) is 15.9 Å². The van der Waals surface area contributed by atoms with Gasteiger partial charge in [-0.05, 0) is 29.8 Å². The van der Waals surface area contributed by atoms with Crippen molar-refractivity contribution in [2.24, 2.45) is 0 Å². The molecule has 19 heavy (non-hydrogen) atoms. The molecule has 0 saturated heterocycles. The first-order valence-corrected chi connectivity index (χ1v) is 5.80. The average Bonchev–Trinajstić information content (AvgIpc) is 2.62. The van der Waals surface area contributed by atoms with Gasteiger partial charge in [0.15, 0.2) is 23.3 Å². The lowest BCUT2D eigenvalue weighted by molar-refractivity contribution is 0.373. The summed E-state index contributed by atoms with van der Waals surface area (Å²) in [5.74, 6) is -10.0. The van der Waals surface area contributed by atoms with Gasteiger partial charge in [-0.15, -0.1) is 0 Å². The number of hydrogen-bond donors (Lipinski definition) is 0. The summed E-state index contributed by atoms with van der Waals surface area (Å²) < 4.78 is 67.5. The highest BCUT2D eigenvalue weighted by Crippen LogP contribution is 2.29. The molecule has 8 heteroatoms. The first-order valence-electron chi connectivity index (χ1n) is 5.00. The van der Waals surface area contributed by atoms with Gasteiger partial charge in [-0.2, -0.15) is 5.10 Å². The van der Waals surface area contributed by atoms with Gasteiger partial charge in [-0.3, -0.25) is 0 Å². The standard InChI is InChI=1S/C11H6BrF5N2/c1-3-5(12)4(2)19(18-3)11-9(16)7(14)6(13)8(15)10(11)17/h1-2H3. The number of aromatic nitrogens is 2. The monoisotopic (exact) mass is 340 g/mol. The minimum absolute atomic E-state index is 0.223. The Morgan fingerprint density at radius 1 is 0.842 bits per heavy atom. The summed E-state index contributed by atoms with van der Waals surface area (Å²) in [5, 5.41) is 3.75. The van der Waals surface area contributed by atoms with Gasteiger partial charge in [-0.1, -0.05) is 0 Å². The first-order chi connectivity index (χ1) is 8.77. The molecule has 0 bridgehead atoms. The number of hydrogen-bond acceptors (Lipinski definition) is 1. The van der Waals surface area contributed by atoms with Crippen molar-refractivity contribution in [1.82, 2.24) is 9.78 Å². The minimum atomic E-state index is -2.20. The van der Waals surface area contributed by atoms with Gasteiger partial charge in [0.1, 0.15) is 5.69 Å². The maximum absolute atomic E-state index is 13.6. The molecule has 0 atom stereocenters. The van der Waals surface area contributed by atoms with Gasteiger partial charge in [-0.25, -0.2) is 26.6 Å². The molecule has 1 aromatic carbocycles. The molecule has 2 rings (SSSR count). The van der Waals surface area contributed by atoms with Crippen LogP contribution in [-0.4, -0.2) is 9.78 Å². The van der Waals surface area contributed by atoms with E-state index in [4.69, 9.17) is 0 Å². The summed E-state index contributed by atoms with van der Waals surface area (Å²) in [6.07, 6.45) is 0. The van der Waals surface area contributed by atoms with Crippen molar-refractivity contribution in [3.63, 3.8) is 0 Å². The van der Waals surface area contributed by atoms with Crippen LogP contribution < -0.4 is 0 Å². The zero-order valence-corrected chi connectivity index (χ0v) is 11.2. The van der Waals surface area contributed by atoms with Gasteiger partial charge < -0.3 is 0 Å². The molecule has 0 fully saturated rings. The van der Waals surface area contributed by atoms with Crippen molar-refractivity contribution >= 4 is 15.9 Å².